The fraction of sp³-hybridized carbons (Fsp3) is 0.467. The molecule has 1 heterocycles. The Morgan fingerprint density at radius 2 is 2.00 bits per heavy atom. The van der Waals surface area contributed by atoms with E-state index in [9.17, 15) is 0 Å². The molecule has 5 heteroatoms. The Morgan fingerprint density at radius 1 is 1.15 bits per heavy atom. The minimum atomic E-state index is 0.266. The average Bonchev–Trinajstić information content (AvgIpc) is 2.87. The Bertz CT molecular complexity index is 555. The molecule has 0 atom stereocenters. The molecule has 0 spiro atoms. The van der Waals surface area contributed by atoms with Crippen LogP contribution in [0.1, 0.15) is 30.4 Å². The van der Waals surface area contributed by atoms with E-state index in [0.717, 1.165) is 36.1 Å². The number of aryl methyl sites for hydroxylation is 2. The third-order valence-electron chi connectivity index (χ3n) is 3.05. The smallest absolute Gasteiger partial charge is 0.276 e. The van der Waals surface area contributed by atoms with Gasteiger partial charge in [-0.25, -0.2) is 0 Å². The molecule has 108 valence electrons. The first-order chi connectivity index (χ1) is 9.70. The molecule has 0 saturated heterocycles. The van der Waals surface area contributed by atoms with E-state index in [4.69, 9.17) is 9.52 Å². The summed E-state index contributed by atoms with van der Waals surface area (Å²) in [5.74, 6) is 1.52. The van der Waals surface area contributed by atoms with Gasteiger partial charge in [0.15, 0.2) is 0 Å². The van der Waals surface area contributed by atoms with Gasteiger partial charge in [0.1, 0.15) is 0 Å². The van der Waals surface area contributed by atoms with Crippen molar-refractivity contribution in [3.05, 3.63) is 29.3 Å². The summed E-state index contributed by atoms with van der Waals surface area (Å²) in [5, 5.41) is 17.5. The molecule has 0 aliphatic heterocycles. The van der Waals surface area contributed by atoms with Crippen molar-refractivity contribution in [1.82, 2.24) is 10.2 Å². The second-order valence-corrected chi connectivity index (χ2v) is 5.87. The minimum Gasteiger partial charge on any atom is -0.411 e. The summed E-state index contributed by atoms with van der Waals surface area (Å²) in [6.45, 7) is 4.38. The second-order valence-electron chi connectivity index (χ2n) is 4.82. The van der Waals surface area contributed by atoms with Gasteiger partial charge in [0, 0.05) is 17.9 Å². The third-order valence-corrected chi connectivity index (χ3v) is 3.95. The van der Waals surface area contributed by atoms with Gasteiger partial charge in [-0.3, -0.25) is 0 Å². The van der Waals surface area contributed by atoms with E-state index in [0.29, 0.717) is 11.1 Å². The Balaban J connectivity index is 1.95. The monoisotopic (exact) mass is 292 g/mol. The normalized spacial score (nSPS) is 10.9. The molecular formula is C15H20N2O2S. The highest BCUT2D eigenvalue weighted by molar-refractivity contribution is 7.99. The topological polar surface area (TPSA) is 59.2 Å². The fourth-order valence-corrected chi connectivity index (χ4v) is 2.74. The van der Waals surface area contributed by atoms with Crippen LogP contribution in [-0.2, 0) is 0 Å². The molecule has 2 rings (SSSR count). The number of benzene rings is 1. The van der Waals surface area contributed by atoms with E-state index in [1.54, 1.807) is 11.8 Å². The lowest BCUT2D eigenvalue weighted by Gasteiger charge is -2.01. The summed E-state index contributed by atoms with van der Waals surface area (Å²) in [5.41, 5.74) is 3.37. The average molecular weight is 292 g/mol. The minimum absolute atomic E-state index is 0.266. The van der Waals surface area contributed by atoms with Crippen LogP contribution < -0.4 is 0 Å². The Morgan fingerprint density at radius 3 is 2.75 bits per heavy atom. The molecule has 0 aliphatic carbocycles. The van der Waals surface area contributed by atoms with Crippen molar-refractivity contribution < 1.29 is 9.52 Å². The zero-order valence-electron chi connectivity index (χ0n) is 11.9. The van der Waals surface area contributed by atoms with Crippen LogP contribution in [0.15, 0.2) is 27.8 Å². The molecule has 1 aromatic carbocycles. The number of thioether (sulfide) groups is 1. The van der Waals surface area contributed by atoms with Gasteiger partial charge in [-0.1, -0.05) is 35.9 Å². The van der Waals surface area contributed by atoms with Crippen LogP contribution in [0.25, 0.3) is 11.5 Å². The van der Waals surface area contributed by atoms with Crippen LogP contribution in [0.3, 0.4) is 0 Å². The van der Waals surface area contributed by atoms with E-state index in [2.05, 4.69) is 23.2 Å². The quantitative estimate of drug-likeness (QED) is 0.624. The zero-order chi connectivity index (χ0) is 14.4. The number of aliphatic hydroxyl groups excluding tert-OH is 1. The van der Waals surface area contributed by atoms with E-state index in [1.165, 1.54) is 5.56 Å². The number of unbranched alkanes of at least 4 members (excludes halogenated alkanes) is 2. The van der Waals surface area contributed by atoms with E-state index >= 15 is 0 Å². The molecule has 0 aliphatic rings. The lowest BCUT2D eigenvalue weighted by Crippen LogP contribution is -1.85. The van der Waals surface area contributed by atoms with Crippen LogP contribution in [-0.4, -0.2) is 27.7 Å². The van der Waals surface area contributed by atoms with E-state index in [1.807, 2.05) is 19.1 Å². The molecule has 1 N–H and O–H groups in total. The summed E-state index contributed by atoms with van der Waals surface area (Å²) in [4.78, 5) is 0. The van der Waals surface area contributed by atoms with Crippen molar-refractivity contribution in [3.8, 4) is 11.5 Å². The number of nitrogens with zero attached hydrogens (tertiary/aromatic N) is 2. The van der Waals surface area contributed by atoms with Crippen LogP contribution in [0.5, 0.6) is 0 Å². The van der Waals surface area contributed by atoms with Crippen molar-refractivity contribution in [2.24, 2.45) is 0 Å². The van der Waals surface area contributed by atoms with Crippen molar-refractivity contribution in [2.75, 3.05) is 12.4 Å². The zero-order valence-corrected chi connectivity index (χ0v) is 12.7. The Hall–Kier alpha value is -1.33. The molecule has 2 aromatic rings. The largest absolute Gasteiger partial charge is 0.411 e. The number of aliphatic hydroxyl groups is 1. The lowest BCUT2D eigenvalue weighted by molar-refractivity contribution is 0.284. The highest BCUT2D eigenvalue weighted by Crippen LogP contribution is 2.26. The summed E-state index contributed by atoms with van der Waals surface area (Å²) in [6.07, 6.45) is 2.94. The number of rotatable bonds is 7. The Kier molecular flexibility index (Phi) is 5.61. The number of hydrogen-bond acceptors (Lipinski definition) is 5. The van der Waals surface area contributed by atoms with Crippen LogP contribution in [0, 0.1) is 13.8 Å². The maximum Gasteiger partial charge on any atom is 0.276 e. The van der Waals surface area contributed by atoms with E-state index < -0.39 is 0 Å². The Labute approximate surface area is 123 Å². The molecule has 1 aromatic heterocycles. The van der Waals surface area contributed by atoms with Gasteiger partial charge >= 0.3 is 0 Å². The molecule has 0 unspecified atom stereocenters. The van der Waals surface area contributed by atoms with Crippen LogP contribution in [0.4, 0.5) is 0 Å². The van der Waals surface area contributed by atoms with Gasteiger partial charge in [-0.2, -0.15) is 0 Å². The van der Waals surface area contributed by atoms with Crippen molar-refractivity contribution in [3.63, 3.8) is 0 Å². The van der Waals surface area contributed by atoms with Gasteiger partial charge in [0.05, 0.1) is 0 Å². The summed E-state index contributed by atoms with van der Waals surface area (Å²) < 4.78 is 5.69. The third kappa shape index (κ3) is 4.08. The highest BCUT2D eigenvalue weighted by atomic mass is 32.2. The van der Waals surface area contributed by atoms with Gasteiger partial charge in [-0.05, 0) is 38.3 Å². The fourth-order valence-electron chi connectivity index (χ4n) is 1.98. The number of hydrogen-bond donors (Lipinski definition) is 1. The second kappa shape index (κ2) is 7.45. The van der Waals surface area contributed by atoms with Gasteiger partial charge < -0.3 is 9.52 Å². The van der Waals surface area contributed by atoms with Gasteiger partial charge in [-0.15, -0.1) is 10.2 Å². The number of aromatic nitrogens is 2. The van der Waals surface area contributed by atoms with E-state index in [-0.39, 0.29) is 6.61 Å². The summed E-state index contributed by atoms with van der Waals surface area (Å²) >= 11 is 1.57. The molecule has 0 bridgehead atoms. The molecule has 20 heavy (non-hydrogen) atoms. The maximum absolute atomic E-state index is 8.71. The predicted molar refractivity (Wildman–Crippen MR) is 80.9 cm³/mol. The highest BCUT2D eigenvalue weighted by Gasteiger charge is 2.11. The van der Waals surface area contributed by atoms with Crippen LogP contribution in [0.2, 0.25) is 0 Å². The summed E-state index contributed by atoms with van der Waals surface area (Å²) in [7, 11) is 0. The SMILES string of the molecule is Cc1ccc(-c2nnc(SCCCCCO)o2)c(C)c1. The molecule has 0 saturated carbocycles. The molecule has 0 amide bonds. The first-order valence-electron chi connectivity index (χ1n) is 6.85. The standard InChI is InChI=1S/C15H20N2O2S/c1-11-6-7-13(12(2)10-11)14-16-17-15(19-14)20-9-5-3-4-8-18/h6-7,10,18H,3-5,8-9H2,1-2H3. The van der Waals surface area contributed by atoms with Gasteiger partial charge in [0.25, 0.3) is 5.22 Å². The molecular weight excluding hydrogens is 272 g/mol. The van der Waals surface area contributed by atoms with Gasteiger partial charge in [0.2, 0.25) is 5.89 Å². The maximum atomic E-state index is 8.71. The summed E-state index contributed by atoms with van der Waals surface area (Å²) in [6, 6.07) is 6.18. The van der Waals surface area contributed by atoms with Crippen molar-refractivity contribution in [2.45, 2.75) is 38.3 Å². The molecule has 0 radical (unpaired) electrons. The molecule has 4 nitrogen and oxygen atoms in total. The predicted octanol–water partition coefficient (Wildman–Crippen LogP) is 3.61. The van der Waals surface area contributed by atoms with Crippen LogP contribution >= 0.6 is 11.8 Å². The molecule has 0 fully saturated rings. The van der Waals surface area contributed by atoms with Crippen molar-refractivity contribution >= 4 is 11.8 Å². The first-order valence-corrected chi connectivity index (χ1v) is 7.84. The first kappa shape index (κ1) is 15.1. The lowest BCUT2D eigenvalue weighted by atomic mass is 10.1. The van der Waals surface area contributed by atoms with Crippen molar-refractivity contribution in [1.29, 1.82) is 0 Å².